The molecule has 0 radical (unpaired) electrons. The average Bonchev–Trinajstić information content (AvgIpc) is 2.87. The normalized spacial score (nSPS) is 13.2. The summed E-state index contributed by atoms with van der Waals surface area (Å²) in [4.78, 5) is 7.16. The van der Waals surface area contributed by atoms with Crippen molar-refractivity contribution >= 4 is 16.3 Å². The van der Waals surface area contributed by atoms with Crippen LogP contribution >= 0.6 is 11.3 Å². The number of hydrogen-bond acceptors (Lipinski definition) is 3. The van der Waals surface area contributed by atoms with Gasteiger partial charge in [0.25, 0.3) is 0 Å². The van der Waals surface area contributed by atoms with E-state index in [1.54, 1.807) is 11.3 Å². The van der Waals surface area contributed by atoms with E-state index in [-0.39, 0.29) is 0 Å². The molecule has 1 aromatic carbocycles. The molecule has 0 fully saturated rings. The molecule has 4 rings (SSSR count). The number of thiazole rings is 1. The number of rotatable bonds is 0. The Morgan fingerprint density at radius 3 is 3.00 bits per heavy atom. The second-order valence-electron chi connectivity index (χ2n) is 4.55. The molecule has 3 heterocycles. The lowest BCUT2D eigenvalue weighted by Crippen LogP contribution is -2.07. The van der Waals surface area contributed by atoms with E-state index in [4.69, 9.17) is 9.72 Å². The van der Waals surface area contributed by atoms with E-state index in [9.17, 15) is 0 Å². The molecule has 90 valence electrons. The van der Waals surface area contributed by atoms with Crippen molar-refractivity contribution < 1.29 is 4.74 Å². The smallest absolute Gasteiger partial charge is 0.195 e. The molecule has 3 nitrogen and oxygen atoms in total. The van der Waals surface area contributed by atoms with Gasteiger partial charge in [-0.1, -0.05) is 12.1 Å². The van der Waals surface area contributed by atoms with Gasteiger partial charge in [-0.25, -0.2) is 4.98 Å². The van der Waals surface area contributed by atoms with Crippen molar-refractivity contribution in [3.8, 4) is 17.0 Å². The molecule has 0 saturated carbocycles. The number of nitrogens with zero attached hydrogens (tertiary/aromatic N) is 2. The van der Waals surface area contributed by atoms with Crippen LogP contribution in [0.2, 0.25) is 0 Å². The second-order valence-corrected chi connectivity index (χ2v) is 5.74. The highest BCUT2D eigenvalue weighted by Gasteiger charge is 2.24. The summed E-state index contributed by atoms with van der Waals surface area (Å²) in [7, 11) is 0. The van der Waals surface area contributed by atoms with Gasteiger partial charge in [0.15, 0.2) is 4.96 Å². The standard InChI is InChI=1S/C14H12N2OS/c1-8-9(2)18-14-15-13-10-5-3-4-6-12(10)17-7-11(13)16(8)14/h3-6H,7H2,1-2H3. The van der Waals surface area contributed by atoms with Gasteiger partial charge in [-0.05, 0) is 26.0 Å². The SMILES string of the molecule is Cc1sc2nc3c(n2c1C)COc1ccccc1-3. The van der Waals surface area contributed by atoms with Gasteiger partial charge in [0.2, 0.25) is 0 Å². The number of aromatic nitrogens is 2. The summed E-state index contributed by atoms with van der Waals surface area (Å²) >= 11 is 1.74. The Bertz CT molecular complexity index is 770. The lowest BCUT2D eigenvalue weighted by Gasteiger charge is -2.17. The van der Waals surface area contributed by atoms with Crippen molar-refractivity contribution in [2.24, 2.45) is 0 Å². The van der Waals surface area contributed by atoms with Gasteiger partial charge < -0.3 is 4.74 Å². The zero-order chi connectivity index (χ0) is 12.3. The Morgan fingerprint density at radius 1 is 1.28 bits per heavy atom. The number of hydrogen-bond donors (Lipinski definition) is 0. The Kier molecular flexibility index (Phi) is 1.89. The zero-order valence-electron chi connectivity index (χ0n) is 10.2. The number of fused-ring (bicyclic) bond motifs is 5. The molecule has 3 aromatic rings. The van der Waals surface area contributed by atoms with Crippen LogP contribution in [0, 0.1) is 13.8 Å². The monoisotopic (exact) mass is 256 g/mol. The van der Waals surface area contributed by atoms with Crippen LogP contribution in [0.5, 0.6) is 5.75 Å². The summed E-state index contributed by atoms with van der Waals surface area (Å²) in [6.07, 6.45) is 0. The first-order valence-electron chi connectivity index (χ1n) is 5.95. The first kappa shape index (κ1) is 10.1. The summed E-state index contributed by atoms with van der Waals surface area (Å²) in [5, 5.41) is 0. The summed E-state index contributed by atoms with van der Waals surface area (Å²) in [5.74, 6) is 0.935. The van der Waals surface area contributed by atoms with Gasteiger partial charge in [-0.3, -0.25) is 4.40 Å². The molecule has 1 aliphatic heterocycles. The van der Waals surface area contributed by atoms with Crippen LogP contribution in [-0.2, 0) is 6.61 Å². The topological polar surface area (TPSA) is 26.5 Å². The minimum Gasteiger partial charge on any atom is -0.487 e. The van der Waals surface area contributed by atoms with Gasteiger partial charge >= 0.3 is 0 Å². The summed E-state index contributed by atoms with van der Waals surface area (Å²) < 4.78 is 8.05. The lowest BCUT2D eigenvalue weighted by molar-refractivity contribution is 0.296. The Morgan fingerprint density at radius 2 is 2.11 bits per heavy atom. The maximum atomic E-state index is 5.82. The highest BCUT2D eigenvalue weighted by atomic mass is 32.1. The molecule has 0 atom stereocenters. The maximum Gasteiger partial charge on any atom is 0.195 e. The number of ether oxygens (including phenoxy) is 1. The second kappa shape index (κ2) is 3.36. The predicted molar refractivity (Wildman–Crippen MR) is 72.3 cm³/mol. The molecular formula is C14H12N2OS. The van der Waals surface area contributed by atoms with Crippen molar-refractivity contribution in [2.45, 2.75) is 20.5 Å². The zero-order valence-corrected chi connectivity index (χ0v) is 11.0. The van der Waals surface area contributed by atoms with Crippen LogP contribution in [0.4, 0.5) is 0 Å². The fraction of sp³-hybridized carbons (Fsp3) is 0.214. The molecule has 18 heavy (non-hydrogen) atoms. The lowest BCUT2D eigenvalue weighted by atomic mass is 10.1. The highest BCUT2D eigenvalue weighted by Crippen LogP contribution is 2.39. The van der Waals surface area contributed by atoms with E-state index in [0.717, 1.165) is 22.0 Å². The van der Waals surface area contributed by atoms with Gasteiger partial charge in [0.05, 0.1) is 5.69 Å². The Labute approximate surface area is 109 Å². The molecule has 0 bridgehead atoms. The third-order valence-electron chi connectivity index (χ3n) is 3.54. The molecule has 0 aliphatic carbocycles. The third kappa shape index (κ3) is 1.16. The van der Waals surface area contributed by atoms with E-state index >= 15 is 0 Å². The van der Waals surface area contributed by atoms with Crippen LogP contribution in [0.3, 0.4) is 0 Å². The average molecular weight is 256 g/mol. The van der Waals surface area contributed by atoms with Gasteiger partial charge in [0.1, 0.15) is 18.1 Å². The number of benzene rings is 1. The first-order valence-corrected chi connectivity index (χ1v) is 6.77. The van der Waals surface area contributed by atoms with E-state index in [1.165, 1.54) is 16.3 Å². The molecule has 0 unspecified atom stereocenters. The molecule has 0 spiro atoms. The molecule has 1 aliphatic rings. The molecule has 0 saturated heterocycles. The molecule has 4 heteroatoms. The van der Waals surface area contributed by atoms with E-state index in [0.29, 0.717) is 6.61 Å². The van der Waals surface area contributed by atoms with Crippen LogP contribution in [0.25, 0.3) is 16.2 Å². The molecular weight excluding hydrogens is 244 g/mol. The first-order chi connectivity index (χ1) is 8.75. The highest BCUT2D eigenvalue weighted by molar-refractivity contribution is 7.17. The van der Waals surface area contributed by atoms with Crippen molar-refractivity contribution in [3.63, 3.8) is 0 Å². The van der Waals surface area contributed by atoms with Crippen LogP contribution in [0.1, 0.15) is 16.3 Å². The van der Waals surface area contributed by atoms with Gasteiger partial charge in [-0.15, -0.1) is 11.3 Å². The van der Waals surface area contributed by atoms with Crippen molar-refractivity contribution in [1.82, 2.24) is 9.38 Å². The Hall–Kier alpha value is -1.81. The van der Waals surface area contributed by atoms with Gasteiger partial charge in [0, 0.05) is 16.1 Å². The maximum absolute atomic E-state index is 5.82. The van der Waals surface area contributed by atoms with Crippen molar-refractivity contribution in [3.05, 3.63) is 40.5 Å². The minimum absolute atomic E-state index is 0.602. The molecule has 2 aromatic heterocycles. The molecule has 0 amide bonds. The largest absolute Gasteiger partial charge is 0.487 e. The van der Waals surface area contributed by atoms with E-state index in [2.05, 4.69) is 24.3 Å². The van der Waals surface area contributed by atoms with Crippen LogP contribution in [-0.4, -0.2) is 9.38 Å². The van der Waals surface area contributed by atoms with E-state index < -0.39 is 0 Å². The van der Waals surface area contributed by atoms with Crippen LogP contribution in [0.15, 0.2) is 24.3 Å². The number of para-hydroxylation sites is 1. The summed E-state index contributed by atoms with van der Waals surface area (Å²) in [6, 6.07) is 8.11. The van der Waals surface area contributed by atoms with Crippen molar-refractivity contribution in [1.29, 1.82) is 0 Å². The summed E-state index contributed by atoms with van der Waals surface area (Å²) in [5.41, 5.74) is 4.62. The number of aryl methyl sites for hydroxylation is 2. The predicted octanol–water partition coefficient (Wildman–Crippen LogP) is 3.57. The molecule has 0 N–H and O–H groups in total. The van der Waals surface area contributed by atoms with E-state index in [1.807, 2.05) is 18.2 Å². The number of imidazole rings is 1. The third-order valence-corrected chi connectivity index (χ3v) is 4.60. The van der Waals surface area contributed by atoms with Crippen LogP contribution < -0.4 is 4.74 Å². The quantitative estimate of drug-likeness (QED) is 0.614. The minimum atomic E-state index is 0.602. The van der Waals surface area contributed by atoms with Crippen molar-refractivity contribution in [2.75, 3.05) is 0 Å². The Balaban J connectivity index is 2.09. The fourth-order valence-corrected chi connectivity index (χ4v) is 3.49. The van der Waals surface area contributed by atoms with Gasteiger partial charge in [-0.2, -0.15) is 0 Å². The summed E-state index contributed by atoms with van der Waals surface area (Å²) in [6.45, 7) is 4.88. The fourth-order valence-electron chi connectivity index (χ4n) is 2.50.